The van der Waals surface area contributed by atoms with Crippen LogP contribution in [0.15, 0.2) is 78.9 Å². The Morgan fingerprint density at radius 1 is 0.939 bits per heavy atom. The number of nitrogens with one attached hydrogen (secondary N) is 2. The van der Waals surface area contributed by atoms with E-state index in [1.54, 1.807) is 0 Å². The first kappa shape index (κ1) is 22.6. The van der Waals surface area contributed by atoms with Gasteiger partial charge >= 0.3 is 6.09 Å². The molecule has 6 nitrogen and oxygen atoms in total. The minimum atomic E-state index is -0.532. The molecule has 0 spiro atoms. The van der Waals surface area contributed by atoms with E-state index < -0.39 is 12.1 Å². The van der Waals surface area contributed by atoms with Gasteiger partial charge in [0.05, 0.1) is 0 Å². The Morgan fingerprint density at radius 3 is 2.45 bits per heavy atom. The van der Waals surface area contributed by atoms with Gasteiger partial charge in [0.2, 0.25) is 5.91 Å². The maximum atomic E-state index is 13.0. The third-order valence-corrected chi connectivity index (χ3v) is 5.77. The van der Waals surface area contributed by atoms with Gasteiger partial charge in [-0.2, -0.15) is 0 Å². The maximum Gasteiger partial charge on any atom is 0.410 e. The van der Waals surface area contributed by atoms with Crippen molar-refractivity contribution in [3.8, 4) is 11.1 Å². The van der Waals surface area contributed by atoms with E-state index in [2.05, 4.69) is 28.8 Å². The van der Waals surface area contributed by atoms with Crippen molar-refractivity contribution in [1.82, 2.24) is 10.2 Å². The monoisotopic (exact) mass is 443 g/mol. The fourth-order valence-electron chi connectivity index (χ4n) is 4.13. The minimum Gasteiger partial charge on any atom is -0.445 e. The second kappa shape index (κ2) is 10.8. The molecule has 2 amide bonds. The van der Waals surface area contributed by atoms with Crippen molar-refractivity contribution >= 4 is 17.7 Å². The molecule has 1 unspecified atom stereocenters. The molecule has 0 saturated carbocycles. The van der Waals surface area contributed by atoms with Gasteiger partial charge in [0.25, 0.3) is 0 Å². The molecule has 0 aromatic heterocycles. The Bertz CT molecular complexity index is 1100. The lowest BCUT2D eigenvalue weighted by atomic mass is 10.0. The van der Waals surface area contributed by atoms with Crippen LogP contribution < -0.4 is 10.6 Å². The Balaban J connectivity index is 1.40. The molecule has 2 N–H and O–H groups in total. The van der Waals surface area contributed by atoms with Crippen molar-refractivity contribution in [1.29, 1.82) is 0 Å². The Hall–Kier alpha value is -3.64. The SMILES string of the molecule is CNCc1cccc(-c2cccc(NC(=O)C3CCCN3C(=O)OCc3ccccc3)c2)c1. The summed E-state index contributed by atoms with van der Waals surface area (Å²) >= 11 is 0. The molecule has 33 heavy (non-hydrogen) atoms. The van der Waals surface area contributed by atoms with Crippen LogP contribution in [0.5, 0.6) is 0 Å². The molecule has 4 rings (SSSR count). The fourth-order valence-corrected chi connectivity index (χ4v) is 4.13. The molecule has 1 aliphatic heterocycles. The molecule has 6 heteroatoms. The number of hydrogen-bond donors (Lipinski definition) is 2. The van der Waals surface area contributed by atoms with Crippen LogP contribution >= 0.6 is 0 Å². The van der Waals surface area contributed by atoms with Crippen molar-refractivity contribution in [2.75, 3.05) is 18.9 Å². The summed E-state index contributed by atoms with van der Waals surface area (Å²) < 4.78 is 5.45. The van der Waals surface area contributed by atoms with E-state index in [0.717, 1.165) is 29.7 Å². The van der Waals surface area contributed by atoms with Crippen molar-refractivity contribution in [2.45, 2.75) is 32.0 Å². The highest BCUT2D eigenvalue weighted by molar-refractivity contribution is 5.97. The van der Waals surface area contributed by atoms with Gasteiger partial charge in [-0.25, -0.2) is 4.79 Å². The lowest BCUT2D eigenvalue weighted by Crippen LogP contribution is -2.43. The number of ether oxygens (including phenoxy) is 1. The molecule has 1 heterocycles. The van der Waals surface area contributed by atoms with Gasteiger partial charge in [0, 0.05) is 18.8 Å². The van der Waals surface area contributed by atoms with E-state index in [-0.39, 0.29) is 12.5 Å². The molecule has 0 radical (unpaired) electrons. The summed E-state index contributed by atoms with van der Waals surface area (Å²) in [6, 6.07) is 25.1. The number of nitrogens with zero attached hydrogens (tertiary/aromatic N) is 1. The molecule has 1 saturated heterocycles. The van der Waals surface area contributed by atoms with E-state index in [1.807, 2.05) is 67.7 Å². The second-order valence-corrected chi connectivity index (χ2v) is 8.19. The molecule has 0 bridgehead atoms. The average molecular weight is 444 g/mol. The number of benzene rings is 3. The highest BCUT2D eigenvalue weighted by Gasteiger charge is 2.35. The molecular weight excluding hydrogens is 414 g/mol. The van der Waals surface area contributed by atoms with Gasteiger partial charge < -0.3 is 15.4 Å². The normalized spacial score (nSPS) is 15.3. The first-order valence-corrected chi connectivity index (χ1v) is 11.3. The first-order valence-electron chi connectivity index (χ1n) is 11.3. The number of carbonyl (C=O) groups is 2. The summed E-state index contributed by atoms with van der Waals surface area (Å²) in [6.45, 7) is 1.51. The van der Waals surface area contributed by atoms with Crippen LogP contribution in [0.25, 0.3) is 11.1 Å². The zero-order chi connectivity index (χ0) is 23.0. The predicted molar refractivity (Wildman–Crippen MR) is 130 cm³/mol. The Kier molecular flexibility index (Phi) is 7.37. The van der Waals surface area contributed by atoms with Crippen LogP contribution in [0.2, 0.25) is 0 Å². The summed E-state index contributed by atoms with van der Waals surface area (Å²) in [5, 5.41) is 6.16. The first-order chi connectivity index (χ1) is 16.1. The molecule has 1 fully saturated rings. The molecule has 3 aromatic carbocycles. The van der Waals surface area contributed by atoms with E-state index in [0.29, 0.717) is 18.7 Å². The van der Waals surface area contributed by atoms with Crippen LogP contribution in [0.4, 0.5) is 10.5 Å². The van der Waals surface area contributed by atoms with Gasteiger partial charge in [-0.05, 0) is 60.3 Å². The highest BCUT2D eigenvalue weighted by atomic mass is 16.6. The second-order valence-electron chi connectivity index (χ2n) is 8.19. The summed E-state index contributed by atoms with van der Waals surface area (Å²) in [5.74, 6) is -0.190. The van der Waals surface area contributed by atoms with Crippen LogP contribution in [-0.2, 0) is 22.7 Å². The Labute approximate surface area is 194 Å². The van der Waals surface area contributed by atoms with Crippen molar-refractivity contribution in [3.63, 3.8) is 0 Å². The number of hydrogen-bond acceptors (Lipinski definition) is 4. The summed E-state index contributed by atoms with van der Waals surface area (Å²) in [4.78, 5) is 27.2. The largest absolute Gasteiger partial charge is 0.445 e. The number of likely N-dealkylation sites (tertiary alicyclic amines) is 1. The maximum absolute atomic E-state index is 13.0. The van der Waals surface area contributed by atoms with Crippen molar-refractivity contribution in [3.05, 3.63) is 90.0 Å². The lowest BCUT2D eigenvalue weighted by molar-refractivity contribution is -0.120. The summed E-state index contributed by atoms with van der Waals surface area (Å²) in [5.41, 5.74) is 4.94. The van der Waals surface area contributed by atoms with Gasteiger partial charge in [-0.3, -0.25) is 9.69 Å². The van der Waals surface area contributed by atoms with Gasteiger partial charge in [0.1, 0.15) is 12.6 Å². The molecule has 1 aliphatic rings. The predicted octanol–water partition coefficient (Wildman–Crippen LogP) is 4.81. The molecule has 170 valence electrons. The van der Waals surface area contributed by atoms with E-state index in [4.69, 9.17) is 4.74 Å². The van der Waals surface area contributed by atoms with E-state index in [9.17, 15) is 9.59 Å². The molecule has 0 aliphatic carbocycles. The smallest absolute Gasteiger partial charge is 0.410 e. The molecule has 1 atom stereocenters. The zero-order valence-electron chi connectivity index (χ0n) is 18.8. The third-order valence-electron chi connectivity index (χ3n) is 5.77. The summed E-state index contributed by atoms with van der Waals surface area (Å²) in [7, 11) is 1.92. The average Bonchev–Trinajstić information content (AvgIpc) is 3.34. The zero-order valence-corrected chi connectivity index (χ0v) is 18.8. The number of rotatable bonds is 7. The summed E-state index contributed by atoms with van der Waals surface area (Å²) in [6.07, 6.45) is 0.945. The standard InChI is InChI=1S/C27H29N3O3/c1-28-18-21-10-5-11-22(16-21)23-12-6-13-24(17-23)29-26(31)25-14-7-15-30(25)27(32)33-19-20-8-3-2-4-9-20/h2-6,8-13,16-17,25,28H,7,14-15,18-19H2,1H3,(H,29,31). The van der Waals surface area contributed by atoms with Crippen LogP contribution in [0, 0.1) is 0 Å². The van der Waals surface area contributed by atoms with Crippen LogP contribution in [-0.4, -0.2) is 36.5 Å². The van der Waals surface area contributed by atoms with Gasteiger partial charge in [-0.15, -0.1) is 0 Å². The topological polar surface area (TPSA) is 70.7 Å². The quantitative estimate of drug-likeness (QED) is 0.550. The number of carbonyl (C=O) groups excluding carboxylic acids is 2. The Morgan fingerprint density at radius 2 is 1.67 bits per heavy atom. The van der Waals surface area contributed by atoms with Crippen molar-refractivity contribution < 1.29 is 14.3 Å². The van der Waals surface area contributed by atoms with Crippen molar-refractivity contribution in [2.24, 2.45) is 0 Å². The van der Waals surface area contributed by atoms with E-state index >= 15 is 0 Å². The number of anilines is 1. The van der Waals surface area contributed by atoms with E-state index in [1.165, 1.54) is 10.5 Å². The van der Waals surface area contributed by atoms with Gasteiger partial charge in [0.15, 0.2) is 0 Å². The lowest BCUT2D eigenvalue weighted by Gasteiger charge is -2.23. The van der Waals surface area contributed by atoms with Crippen LogP contribution in [0.3, 0.4) is 0 Å². The number of amides is 2. The highest BCUT2D eigenvalue weighted by Crippen LogP contribution is 2.25. The minimum absolute atomic E-state index is 0.190. The van der Waals surface area contributed by atoms with Crippen LogP contribution in [0.1, 0.15) is 24.0 Å². The fraction of sp³-hybridized carbons (Fsp3) is 0.259. The van der Waals surface area contributed by atoms with Gasteiger partial charge in [-0.1, -0.05) is 60.7 Å². The third kappa shape index (κ3) is 5.79. The molecule has 3 aromatic rings. The molecular formula is C27H29N3O3.